The van der Waals surface area contributed by atoms with Crippen LogP contribution >= 0.6 is 11.3 Å². The van der Waals surface area contributed by atoms with Crippen LogP contribution in [0.3, 0.4) is 0 Å². The van der Waals surface area contributed by atoms with E-state index in [0.29, 0.717) is 16.1 Å². The molecule has 0 atom stereocenters. The van der Waals surface area contributed by atoms with Crippen LogP contribution in [-0.2, 0) is 0 Å². The van der Waals surface area contributed by atoms with Gasteiger partial charge in [0.15, 0.2) is 0 Å². The second-order valence-electron chi connectivity index (χ2n) is 4.17. The van der Waals surface area contributed by atoms with Gasteiger partial charge in [-0.3, -0.25) is 9.59 Å². The number of anilines is 1. The minimum Gasteiger partial charge on any atom is -0.365 e. The second kappa shape index (κ2) is 5.24. The van der Waals surface area contributed by atoms with E-state index in [1.165, 1.54) is 11.3 Å². The van der Waals surface area contributed by atoms with Crippen LogP contribution in [0.15, 0.2) is 30.3 Å². The lowest BCUT2D eigenvalue weighted by Gasteiger charge is -2.04. The SMILES string of the molecule is Cc1sc(NC(=O)c2ccccc2)c(C(N)=O)c1C. The predicted octanol–water partition coefficient (Wildman–Crippen LogP) is 2.72. The number of thiophene rings is 1. The topological polar surface area (TPSA) is 72.2 Å². The van der Waals surface area contributed by atoms with Crippen LogP contribution in [0.1, 0.15) is 31.2 Å². The molecule has 19 heavy (non-hydrogen) atoms. The molecule has 0 saturated carbocycles. The molecular formula is C14H14N2O2S. The van der Waals surface area contributed by atoms with E-state index in [9.17, 15) is 9.59 Å². The average molecular weight is 274 g/mol. The van der Waals surface area contributed by atoms with Crippen molar-refractivity contribution < 1.29 is 9.59 Å². The van der Waals surface area contributed by atoms with Gasteiger partial charge in [-0.15, -0.1) is 11.3 Å². The van der Waals surface area contributed by atoms with Crippen LogP contribution in [0.5, 0.6) is 0 Å². The maximum absolute atomic E-state index is 12.1. The molecule has 0 fully saturated rings. The zero-order valence-corrected chi connectivity index (χ0v) is 11.5. The van der Waals surface area contributed by atoms with E-state index >= 15 is 0 Å². The number of carbonyl (C=O) groups excluding carboxylic acids is 2. The van der Waals surface area contributed by atoms with Crippen LogP contribution in [0.2, 0.25) is 0 Å². The van der Waals surface area contributed by atoms with Crippen molar-refractivity contribution in [3.8, 4) is 0 Å². The van der Waals surface area contributed by atoms with Crippen molar-refractivity contribution in [3.05, 3.63) is 51.9 Å². The molecule has 1 aromatic heterocycles. The molecule has 2 aromatic rings. The Balaban J connectivity index is 2.32. The normalized spacial score (nSPS) is 10.2. The van der Waals surface area contributed by atoms with Crippen molar-refractivity contribution in [2.75, 3.05) is 5.32 Å². The molecule has 4 nitrogen and oxygen atoms in total. The van der Waals surface area contributed by atoms with Crippen molar-refractivity contribution in [2.45, 2.75) is 13.8 Å². The zero-order valence-electron chi connectivity index (χ0n) is 10.7. The Morgan fingerprint density at radius 1 is 1.16 bits per heavy atom. The summed E-state index contributed by atoms with van der Waals surface area (Å²) in [6, 6.07) is 8.84. The third-order valence-corrected chi connectivity index (χ3v) is 4.02. The lowest BCUT2D eigenvalue weighted by Crippen LogP contribution is -2.17. The van der Waals surface area contributed by atoms with Crippen LogP contribution in [0.25, 0.3) is 0 Å². The highest BCUT2D eigenvalue weighted by atomic mass is 32.1. The first-order chi connectivity index (χ1) is 9.00. The third-order valence-electron chi connectivity index (χ3n) is 2.89. The molecule has 1 heterocycles. The van der Waals surface area contributed by atoms with E-state index in [4.69, 9.17) is 5.73 Å². The Kier molecular flexibility index (Phi) is 3.66. The molecule has 0 saturated heterocycles. The summed E-state index contributed by atoms with van der Waals surface area (Å²) in [4.78, 5) is 24.5. The highest BCUT2D eigenvalue weighted by molar-refractivity contribution is 7.16. The quantitative estimate of drug-likeness (QED) is 0.903. The molecule has 0 aliphatic rings. The maximum Gasteiger partial charge on any atom is 0.256 e. The van der Waals surface area contributed by atoms with E-state index in [0.717, 1.165) is 10.4 Å². The summed E-state index contributed by atoms with van der Waals surface area (Å²) in [5, 5.41) is 3.26. The number of nitrogens with two attached hydrogens (primary N) is 1. The van der Waals surface area contributed by atoms with Crippen LogP contribution in [-0.4, -0.2) is 11.8 Å². The first-order valence-corrected chi connectivity index (χ1v) is 6.58. The van der Waals surface area contributed by atoms with Crippen molar-refractivity contribution in [1.82, 2.24) is 0 Å². The van der Waals surface area contributed by atoms with E-state index in [1.807, 2.05) is 19.9 Å². The van der Waals surface area contributed by atoms with Crippen LogP contribution in [0.4, 0.5) is 5.00 Å². The van der Waals surface area contributed by atoms with Gasteiger partial charge in [0, 0.05) is 10.4 Å². The van der Waals surface area contributed by atoms with Crippen molar-refractivity contribution >= 4 is 28.2 Å². The Morgan fingerprint density at radius 2 is 1.79 bits per heavy atom. The molecule has 5 heteroatoms. The monoisotopic (exact) mass is 274 g/mol. The van der Waals surface area contributed by atoms with Crippen molar-refractivity contribution in [3.63, 3.8) is 0 Å². The number of hydrogen-bond donors (Lipinski definition) is 2. The molecule has 0 aliphatic heterocycles. The minimum absolute atomic E-state index is 0.246. The Hall–Kier alpha value is -2.14. The maximum atomic E-state index is 12.1. The number of carbonyl (C=O) groups is 2. The molecule has 0 unspecified atom stereocenters. The van der Waals surface area contributed by atoms with Crippen molar-refractivity contribution in [2.24, 2.45) is 5.73 Å². The third kappa shape index (κ3) is 2.66. The van der Waals surface area contributed by atoms with Gasteiger partial charge in [0.2, 0.25) is 0 Å². The Labute approximate surface area is 115 Å². The van der Waals surface area contributed by atoms with Gasteiger partial charge < -0.3 is 11.1 Å². The largest absolute Gasteiger partial charge is 0.365 e. The highest BCUT2D eigenvalue weighted by Crippen LogP contribution is 2.32. The Morgan fingerprint density at radius 3 is 2.37 bits per heavy atom. The summed E-state index contributed by atoms with van der Waals surface area (Å²) < 4.78 is 0. The summed E-state index contributed by atoms with van der Waals surface area (Å²) >= 11 is 1.36. The van der Waals surface area contributed by atoms with Gasteiger partial charge >= 0.3 is 0 Å². The first kappa shape index (κ1) is 13.3. The smallest absolute Gasteiger partial charge is 0.256 e. The van der Waals surface area contributed by atoms with E-state index in [2.05, 4.69) is 5.32 Å². The zero-order chi connectivity index (χ0) is 14.0. The fourth-order valence-electron chi connectivity index (χ4n) is 1.78. The van der Waals surface area contributed by atoms with Gasteiger partial charge in [0.1, 0.15) is 5.00 Å². The molecule has 0 spiro atoms. The molecule has 1 aromatic carbocycles. The molecule has 0 radical (unpaired) electrons. The van der Waals surface area contributed by atoms with Crippen molar-refractivity contribution in [1.29, 1.82) is 0 Å². The van der Waals surface area contributed by atoms with Crippen LogP contribution in [0, 0.1) is 13.8 Å². The second-order valence-corrected chi connectivity index (χ2v) is 5.40. The van der Waals surface area contributed by atoms with Gasteiger partial charge in [0.25, 0.3) is 11.8 Å². The van der Waals surface area contributed by atoms with Gasteiger partial charge in [-0.1, -0.05) is 18.2 Å². The van der Waals surface area contributed by atoms with Gasteiger partial charge in [-0.2, -0.15) is 0 Å². The number of benzene rings is 1. The molecule has 3 N–H and O–H groups in total. The summed E-state index contributed by atoms with van der Waals surface area (Å²) in [7, 11) is 0. The highest BCUT2D eigenvalue weighted by Gasteiger charge is 2.19. The van der Waals surface area contributed by atoms with E-state index in [-0.39, 0.29) is 5.91 Å². The number of hydrogen-bond acceptors (Lipinski definition) is 3. The number of rotatable bonds is 3. The number of nitrogens with one attached hydrogen (secondary N) is 1. The number of amides is 2. The summed E-state index contributed by atoms with van der Waals surface area (Å²) in [5.41, 5.74) is 7.12. The van der Waals surface area contributed by atoms with Crippen LogP contribution < -0.4 is 11.1 Å². The molecule has 98 valence electrons. The lowest BCUT2D eigenvalue weighted by atomic mass is 10.1. The Bertz CT molecular complexity index is 632. The van der Waals surface area contributed by atoms with Gasteiger partial charge in [-0.05, 0) is 31.5 Å². The average Bonchev–Trinajstić information content (AvgIpc) is 2.65. The number of aryl methyl sites for hydroxylation is 1. The minimum atomic E-state index is -0.523. The first-order valence-electron chi connectivity index (χ1n) is 5.77. The molecule has 0 bridgehead atoms. The van der Waals surface area contributed by atoms with Gasteiger partial charge in [-0.25, -0.2) is 0 Å². The summed E-state index contributed by atoms with van der Waals surface area (Å²) in [5.74, 6) is -0.769. The standard InChI is InChI=1S/C14H14N2O2S/c1-8-9(2)19-14(11(8)12(15)17)16-13(18)10-6-4-3-5-7-10/h3-7H,1-2H3,(H2,15,17)(H,16,18). The van der Waals surface area contributed by atoms with Gasteiger partial charge in [0.05, 0.1) is 5.56 Å². The van der Waals surface area contributed by atoms with E-state index < -0.39 is 5.91 Å². The number of primary amides is 1. The molecule has 2 amide bonds. The molecule has 2 rings (SSSR count). The van der Waals surface area contributed by atoms with E-state index in [1.54, 1.807) is 24.3 Å². The molecular weight excluding hydrogens is 260 g/mol. The summed E-state index contributed by atoms with van der Waals surface area (Å²) in [6.45, 7) is 3.72. The predicted molar refractivity (Wildman–Crippen MR) is 76.7 cm³/mol. The lowest BCUT2D eigenvalue weighted by molar-refractivity contribution is 0.100. The fraction of sp³-hybridized carbons (Fsp3) is 0.143. The molecule has 0 aliphatic carbocycles. The summed E-state index contributed by atoms with van der Waals surface area (Å²) in [6.07, 6.45) is 0. The fourth-order valence-corrected chi connectivity index (χ4v) is 2.84.